The number of aromatic nitrogens is 1. The molecule has 1 amide bonds. The molecule has 0 saturated carbocycles. The lowest BCUT2D eigenvalue weighted by molar-refractivity contribution is -0.671. The SMILES string of the molecule is C[n+]1cccc(CNC(=O)OC(C)(C)C)c1.[I-]. The number of ether oxygens (including phenoxy) is 1. The number of alkyl carbamates (subject to hydrolysis) is 1. The molecule has 0 bridgehead atoms. The van der Waals surface area contributed by atoms with Gasteiger partial charge in [-0.3, -0.25) is 0 Å². The number of halogens is 1. The van der Waals surface area contributed by atoms with Crippen LogP contribution in [0.25, 0.3) is 0 Å². The van der Waals surface area contributed by atoms with Gasteiger partial charge < -0.3 is 34.0 Å². The number of pyridine rings is 1. The van der Waals surface area contributed by atoms with E-state index in [0.29, 0.717) is 6.54 Å². The van der Waals surface area contributed by atoms with Gasteiger partial charge in [-0.1, -0.05) is 0 Å². The van der Waals surface area contributed by atoms with Crippen LogP contribution in [0, 0.1) is 0 Å². The highest BCUT2D eigenvalue weighted by Gasteiger charge is 2.15. The van der Waals surface area contributed by atoms with E-state index in [4.69, 9.17) is 4.74 Å². The second kappa shape index (κ2) is 6.78. The Morgan fingerprint density at radius 2 is 2.12 bits per heavy atom. The fraction of sp³-hybridized carbons (Fsp3) is 0.500. The zero-order chi connectivity index (χ0) is 12.2. The normalized spacial score (nSPS) is 10.4. The molecule has 1 heterocycles. The van der Waals surface area contributed by atoms with Crippen LogP contribution < -0.4 is 33.9 Å². The van der Waals surface area contributed by atoms with Crippen LogP contribution in [-0.2, 0) is 18.3 Å². The van der Waals surface area contributed by atoms with Crippen molar-refractivity contribution in [3.8, 4) is 0 Å². The summed E-state index contributed by atoms with van der Waals surface area (Å²) in [5, 5.41) is 2.71. The van der Waals surface area contributed by atoms with Gasteiger partial charge in [0.25, 0.3) is 0 Å². The number of rotatable bonds is 2. The smallest absolute Gasteiger partial charge is 0.407 e. The molecule has 4 nitrogen and oxygen atoms in total. The Kier molecular flexibility index (Phi) is 6.44. The first kappa shape index (κ1) is 16.1. The first-order chi connectivity index (χ1) is 7.37. The van der Waals surface area contributed by atoms with Gasteiger partial charge in [-0.15, -0.1) is 0 Å². The fourth-order valence-corrected chi connectivity index (χ4v) is 1.24. The number of carbonyl (C=O) groups is 1. The van der Waals surface area contributed by atoms with Crippen LogP contribution in [0.1, 0.15) is 26.3 Å². The molecule has 0 radical (unpaired) electrons. The summed E-state index contributed by atoms with van der Waals surface area (Å²) in [6.45, 7) is 6.00. The number of aryl methyl sites for hydroxylation is 1. The maximum Gasteiger partial charge on any atom is 0.407 e. The maximum atomic E-state index is 11.4. The average Bonchev–Trinajstić information content (AvgIpc) is 2.12. The van der Waals surface area contributed by atoms with E-state index >= 15 is 0 Å². The molecule has 0 aliphatic rings. The van der Waals surface area contributed by atoms with E-state index in [1.165, 1.54) is 0 Å². The molecule has 96 valence electrons. The Hall–Kier alpha value is -0.850. The van der Waals surface area contributed by atoms with Gasteiger partial charge in [0.05, 0.1) is 6.54 Å². The van der Waals surface area contributed by atoms with Crippen molar-refractivity contribution in [2.75, 3.05) is 0 Å². The lowest BCUT2D eigenvalue weighted by Gasteiger charge is -2.19. The van der Waals surface area contributed by atoms with E-state index in [2.05, 4.69) is 5.32 Å². The van der Waals surface area contributed by atoms with Crippen molar-refractivity contribution in [1.29, 1.82) is 0 Å². The molecule has 1 aromatic heterocycles. The second-order valence-electron chi connectivity index (χ2n) is 4.73. The topological polar surface area (TPSA) is 42.2 Å². The van der Waals surface area contributed by atoms with Gasteiger partial charge in [-0.25, -0.2) is 9.36 Å². The first-order valence-corrected chi connectivity index (χ1v) is 5.28. The Balaban J connectivity index is 0.00000256. The number of carbonyl (C=O) groups excluding carboxylic acids is 1. The summed E-state index contributed by atoms with van der Waals surface area (Å²) in [4.78, 5) is 11.4. The molecule has 0 atom stereocenters. The van der Waals surface area contributed by atoms with E-state index in [-0.39, 0.29) is 30.1 Å². The van der Waals surface area contributed by atoms with Gasteiger partial charge >= 0.3 is 6.09 Å². The maximum absolute atomic E-state index is 11.4. The summed E-state index contributed by atoms with van der Waals surface area (Å²) < 4.78 is 7.07. The van der Waals surface area contributed by atoms with Gasteiger partial charge in [0, 0.05) is 11.6 Å². The quantitative estimate of drug-likeness (QED) is 0.523. The van der Waals surface area contributed by atoms with Gasteiger partial charge in [0.2, 0.25) is 0 Å². The summed E-state index contributed by atoms with van der Waals surface area (Å²) in [7, 11) is 1.94. The third-order valence-electron chi connectivity index (χ3n) is 1.84. The molecule has 1 rings (SSSR count). The number of hydrogen-bond donors (Lipinski definition) is 1. The van der Waals surface area contributed by atoms with E-state index in [1.807, 2.05) is 56.9 Å². The lowest BCUT2D eigenvalue weighted by atomic mass is 10.2. The molecule has 0 unspecified atom stereocenters. The molecular weight excluding hydrogens is 331 g/mol. The van der Waals surface area contributed by atoms with Crippen molar-refractivity contribution in [2.45, 2.75) is 32.9 Å². The minimum absolute atomic E-state index is 0. The van der Waals surface area contributed by atoms with Crippen molar-refractivity contribution >= 4 is 6.09 Å². The molecule has 0 spiro atoms. The molecule has 0 aliphatic carbocycles. The molecule has 0 saturated heterocycles. The standard InChI is InChI=1S/C12H18N2O2.HI/c1-12(2,3)16-11(15)13-8-10-6-5-7-14(4)9-10;/h5-7,9H,8H2,1-4H3;1H. The molecular formula is C12H19IN2O2. The Bertz CT molecular complexity index is 375. The summed E-state index contributed by atoms with van der Waals surface area (Å²) in [6.07, 6.45) is 3.51. The highest BCUT2D eigenvalue weighted by atomic mass is 127. The van der Waals surface area contributed by atoms with Crippen LogP contribution in [-0.4, -0.2) is 11.7 Å². The third-order valence-corrected chi connectivity index (χ3v) is 1.84. The summed E-state index contributed by atoms with van der Waals surface area (Å²) in [5.74, 6) is 0. The van der Waals surface area contributed by atoms with Gasteiger partial charge in [0.15, 0.2) is 12.4 Å². The highest BCUT2D eigenvalue weighted by Crippen LogP contribution is 2.06. The van der Waals surface area contributed by atoms with E-state index in [0.717, 1.165) is 5.56 Å². The molecule has 0 aromatic carbocycles. The third kappa shape index (κ3) is 7.14. The number of amides is 1. The first-order valence-electron chi connectivity index (χ1n) is 5.28. The van der Waals surface area contributed by atoms with Crippen LogP contribution in [0.15, 0.2) is 24.5 Å². The summed E-state index contributed by atoms with van der Waals surface area (Å²) >= 11 is 0. The average molecular weight is 350 g/mol. The molecule has 1 aromatic rings. The Morgan fingerprint density at radius 3 is 2.65 bits per heavy atom. The molecule has 0 aliphatic heterocycles. The summed E-state index contributed by atoms with van der Waals surface area (Å²) in [5.41, 5.74) is 0.585. The molecule has 17 heavy (non-hydrogen) atoms. The van der Waals surface area contributed by atoms with Crippen LogP contribution in [0.5, 0.6) is 0 Å². The zero-order valence-electron chi connectivity index (χ0n) is 10.7. The van der Waals surface area contributed by atoms with Crippen LogP contribution >= 0.6 is 0 Å². The second-order valence-corrected chi connectivity index (χ2v) is 4.73. The lowest BCUT2D eigenvalue weighted by Crippen LogP contribution is -3.00. The zero-order valence-corrected chi connectivity index (χ0v) is 12.8. The number of nitrogens with zero attached hydrogens (tertiary/aromatic N) is 1. The largest absolute Gasteiger partial charge is 1.00 e. The van der Waals surface area contributed by atoms with E-state index in [1.54, 1.807) is 0 Å². The minimum atomic E-state index is -0.453. The molecule has 0 fully saturated rings. The van der Waals surface area contributed by atoms with Crippen molar-refractivity contribution < 1.29 is 38.1 Å². The van der Waals surface area contributed by atoms with Crippen molar-refractivity contribution in [2.24, 2.45) is 7.05 Å². The monoisotopic (exact) mass is 350 g/mol. The number of hydrogen-bond acceptors (Lipinski definition) is 2. The predicted octanol–water partition coefficient (Wildman–Crippen LogP) is -1.46. The van der Waals surface area contributed by atoms with Gasteiger partial charge in [0.1, 0.15) is 12.6 Å². The Morgan fingerprint density at radius 1 is 1.47 bits per heavy atom. The van der Waals surface area contributed by atoms with Crippen molar-refractivity contribution in [3.63, 3.8) is 0 Å². The molecule has 1 N–H and O–H groups in total. The van der Waals surface area contributed by atoms with E-state index in [9.17, 15) is 4.79 Å². The predicted molar refractivity (Wildman–Crippen MR) is 60.7 cm³/mol. The van der Waals surface area contributed by atoms with Crippen molar-refractivity contribution in [1.82, 2.24) is 5.32 Å². The highest BCUT2D eigenvalue weighted by molar-refractivity contribution is 5.67. The van der Waals surface area contributed by atoms with Gasteiger partial charge in [-0.05, 0) is 26.8 Å². The van der Waals surface area contributed by atoms with Crippen LogP contribution in [0.2, 0.25) is 0 Å². The van der Waals surface area contributed by atoms with Gasteiger partial charge in [-0.2, -0.15) is 0 Å². The van der Waals surface area contributed by atoms with Crippen molar-refractivity contribution in [3.05, 3.63) is 30.1 Å². The minimum Gasteiger partial charge on any atom is -1.00 e. The van der Waals surface area contributed by atoms with E-state index < -0.39 is 5.60 Å². The van der Waals surface area contributed by atoms with Crippen LogP contribution in [0.3, 0.4) is 0 Å². The Labute approximate surface area is 119 Å². The fourth-order valence-electron chi connectivity index (χ4n) is 1.24. The summed E-state index contributed by atoms with van der Waals surface area (Å²) in [6, 6.07) is 3.89. The molecule has 5 heteroatoms. The number of nitrogens with one attached hydrogen (secondary N) is 1. The van der Waals surface area contributed by atoms with Crippen LogP contribution in [0.4, 0.5) is 4.79 Å².